The van der Waals surface area contributed by atoms with Gasteiger partial charge in [-0.15, -0.1) is 0 Å². The van der Waals surface area contributed by atoms with Crippen molar-refractivity contribution in [2.45, 2.75) is 31.8 Å². The van der Waals surface area contributed by atoms with Crippen LogP contribution in [0.5, 0.6) is 0 Å². The minimum absolute atomic E-state index is 0.170. The quantitative estimate of drug-likeness (QED) is 0.695. The number of rotatable bonds is 7. The van der Waals surface area contributed by atoms with Crippen LogP contribution in [0.1, 0.15) is 25.7 Å². The van der Waals surface area contributed by atoms with Gasteiger partial charge in [-0.1, -0.05) is 0 Å². The molecule has 0 aromatic rings. The van der Waals surface area contributed by atoms with E-state index in [-0.39, 0.29) is 6.42 Å². The molecular formula is C13H26N2O3. The topological polar surface area (TPSA) is 64.0 Å². The van der Waals surface area contributed by atoms with Crippen LogP contribution in [0, 0.1) is 5.92 Å². The Kier molecular flexibility index (Phi) is 6.60. The number of aliphatic carboxylic acids is 1. The SMILES string of the molecule is CN(CCC1CCCN(C)C1)CC(O)CC(=O)O. The van der Waals surface area contributed by atoms with Gasteiger partial charge in [0.25, 0.3) is 0 Å². The minimum Gasteiger partial charge on any atom is -0.481 e. The third-order valence-corrected chi connectivity index (χ3v) is 3.57. The number of likely N-dealkylation sites (N-methyl/N-ethyl adjacent to an activating group) is 1. The van der Waals surface area contributed by atoms with Crippen LogP contribution in [0.3, 0.4) is 0 Å². The smallest absolute Gasteiger partial charge is 0.306 e. The van der Waals surface area contributed by atoms with Crippen LogP contribution < -0.4 is 0 Å². The Morgan fingerprint density at radius 3 is 2.89 bits per heavy atom. The van der Waals surface area contributed by atoms with Crippen molar-refractivity contribution in [2.24, 2.45) is 5.92 Å². The normalized spacial score (nSPS) is 23.2. The van der Waals surface area contributed by atoms with Crippen molar-refractivity contribution >= 4 is 5.97 Å². The third kappa shape index (κ3) is 6.33. The van der Waals surface area contributed by atoms with E-state index in [4.69, 9.17) is 5.11 Å². The van der Waals surface area contributed by atoms with Crippen molar-refractivity contribution in [1.82, 2.24) is 9.80 Å². The first-order valence-electron chi connectivity index (χ1n) is 6.74. The predicted octanol–water partition coefficient (Wildman–Crippen LogP) is 0.486. The van der Waals surface area contributed by atoms with Crippen molar-refractivity contribution in [3.8, 4) is 0 Å². The molecule has 1 aliphatic heterocycles. The van der Waals surface area contributed by atoms with Crippen LogP contribution in [0.15, 0.2) is 0 Å². The number of hydrogen-bond acceptors (Lipinski definition) is 4. The minimum atomic E-state index is -0.940. The van der Waals surface area contributed by atoms with Gasteiger partial charge in [0.05, 0.1) is 12.5 Å². The molecule has 5 heteroatoms. The van der Waals surface area contributed by atoms with Crippen LogP contribution in [-0.4, -0.2) is 72.4 Å². The summed E-state index contributed by atoms with van der Waals surface area (Å²) in [4.78, 5) is 14.8. The lowest BCUT2D eigenvalue weighted by molar-refractivity contribution is -0.139. The third-order valence-electron chi connectivity index (χ3n) is 3.57. The number of nitrogens with zero attached hydrogens (tertiary/aromatic N) is 2. The number of carboxylic acid groups (broad SMARTS) is 1. The van der Waals surface area contributed by atoms with Gasteiger partial charge in [0.1, 0.15) is 0 Å². The lowest BCUT2D eigenvalue weighted by Gasteiger charge is -2.31. The number of aliphatic hydroxyl groups excluding tert-OH is 1. The fourth-order valence-corrected chi connectivity index (χ4v) is 2.63. The van der Waals surface area contributed by atoms with Gasteiger partial charge in [0.2, 0.25) is 0 Å². The number of carboxylic acids is 1. The monoisotopic (exact) mass is 258 g/mol. The van der Waals surface area contributed by atoms with Gasteiger partial charge >= 0.3 is 5.97 Å². The zero-order valence-corrected chi connectivity index (χ0v) is 11.5. The summed E-state index contributed by atoms with van der Waals surface area (Å²) in [5.74, 6) is -0.201. The molecule has 2 atom stereocenters. The van der Waals surface area contributed by atoms with Crippen LogP contribution >= 0.6 is 0 Å². The van der Waals surface area contributed by atoms with E-state index in [0.29, 0.717) is 6.54 Å². The van der Waals surface area contributed by atoms with Crippen LogP contribution in [0.25, 0.3) is 0 Å². The number of piperidine rings is 1. The standard InChI is InChI=1S/C13H26N2O3/c1-14-6-3-4-11(9-14)5-7-15(2)10-12(16)8-13(17)18/h11-12,16H,3-10H2,1-2H3,(H,17,18). The molecule has 0 saturated carbocycles. The highest BCUT2D eigenvalue weighted by Gasteiger charge is 2.18. The Balaban J connectivity index is 2.15. The Morgan fingerprint density at radius 2 is 2.28 bits per heavy atom. The van der Waals surface area contributed by atoms with E-state index in [0.717, 1.165) is 25.4 Å². The molecule has 0 aliphatic carbocycles. The predicted molar refractivity (Wildman–Crippen MR) is 70.6 cm³/mol. The average Bonchev–Trinajstić information content (AvgIpc) is 2.25. The van der Waals surface area contributed by atoms with E-state index >= 15 is 0 Å². The summed E-state index contributed by atoms with van der Waals surface area (Å²) in [6.07, 6.45) is 2.75. The summed E-state index contributed by atoms with van der Waals surface area (Å²) in [5.41, 5.74) is 0. The molecule has 1 rings (SSSR count). The summed E-state index contributed by atoms with van der Waals surface area (Å²) in [5, 5.41) is 18.1. The second-order valence-corrected chi connectivity index (χ2v) is 5.57. The lowest BCUT2D eigenvalue weighted by Crippen LogP contribution is -2.36. The number of aliphatic hydroxyl groups is 1. The fourth-order valence-electron chi connectivity index (χ4n) is 2.63. The fraction of sp³-hybridized carbons (Fsp3) is 0.923. The van der Waals surface area contributed by atoms with Crippen molar-refractivity contribution in [1.29, 1.82) is 0 Å². The Labute approximate surface area is 109 Å². The maximum Gasteiger partial charge on any atom is 0.306 e. The zero-order chi connectivity index (χ0) is 13.5. The largest absolute Gasteiger partial charge is 0.481 e. The molecule has 1 fully saturated rings. The van der Waals surface area contributed by atoms with Gasteiger partial charge in [0, 0.05) is 13.1 Å². The summed E-state index contributed by atoms with van der Waals surface area (Å²) in [6, 6.07) is 0. The molecular weight excluding hydrogens is 232 g/mol. The summed E-state index contributed by atoms with van der Waals surface area (Å²) in [7, 11) is 4.10. The highest BCUT2D eigenvalue weighted by molar-refractivity contribution is 5.67. The highest BCUT2D eigenvalue weighted by atomic mass is 16.4. The summed E-state index contributed by atoms with van der Waals surface area (Å²) < 4.78 is 0. The van der Waals surface area contributed by atoms with Crippen LogP contribution in [0.2, 0.25) is 0 Å². The molecule has 1 saturated heterocycles. The van der Waals surface area contributed by atoms with Gasteiger partial charge in [-0.2, -0.15) is 0 Å². The second kappa shape index (κ2) is 7.71. The van der Waals surface area contributed by atoms with Gasteiger partial charge in [0.15, 0.2) is 0 Å². The molecule has 0 amide bonds. The van der Waals surface area contributed by atoms with E-state index < -0.39 is 12.1 Å². The second-order valence-electron chi connectivity index (χ2n) is 5.57. The first kappa shape index (κ1) is 15.4. The van der Waals surface area contributed by atoms with Gasteiger partial charge < -0.3 is 20.0 Å². The van der Waals surface area contributed by atoms with E-state index in [9.17, 15) is 9.90 Å². The molecule has 0 radical (unpaired) electrons. The van der Waals surface area contributed by atoms with E-state index in [1.165, 1.54) is 19.4 Å². The number of hydrogen-bond donors (Lipinski definition) is 2. The Bertz CT molecular complexity index is 261. The van der Waals surface area contributed by atoms with Crippen molar-refractivity contribution in [3.05, 3.63) is 0 Å². The van der Waals surface area contributed by atoms with Crippen LogP contribution in [0.4, 0.5) is 0 Å². The average molecular weight is 258 g/mol. The maximum atomic E-state index is 10.4. The van der Waals surface area contributed by atoms with Gasteiger partial charge in [-0.25, -0.2) is 0 Å². The molecule has 1 aliphatic rings. The molecule has 2 N–H and O–H groups in total. The van der Waals surface area contributed by atoms with E-state index in [2.05, 4.69) is 11.9 Å². The molecule has 0 spiro atoms. The number of carbonyl (C=O) groups is 1. The van der Waals surface area contributed by atoms with Crippen molar-refractivity contribution in [3.63, 3.8) is 0 Å². The molecule has 106 valence electrons. The van der Waals surface area contributed by atoms with Gasteiger partial charge in [-0.05, 0) is 52.4 Å². The molecule has 0 aromatic heterocycles. The molecule has 0 bridgehead atoms. The highest BCUT2D eigenvalue weighted by Crippen LogP contribution is 2.18. The van der Waals surface area contributed by atoms with Crippen molar-refractivity contribution < 1.29 is 15.0 Å². The zero-order valence-electron chi connectivity index (χ0n) is 11.5. The molecule has 1 heterocycles. The maximum absolute atomic E-state index is 10.4. The van der Waals surface area contributed by atoms with Crippen molar-refractivity contribution in [2.75, 3.05) is 40.3 Å². The first-order valence-corrected chi connectivity index (χ1v) is 6.74. The van der Waals surface area contributed by atoms with Gasteiger partial charge in [-0.3, -0.25) is 4.79 Å². The summed E-state index contributed by atoms with van der Waals surface area (Å²) >= 11 is 0. The molecule has 18 heavy (non-hydrogen) atoms. The van der Waals surface area contributed by atoms with Crippen LogP contribution in [-0.2, 0) is 4.79 Å². The lowest BCUT2D eigenvalue weighted by atomic mass is 9.95. The first-order chi connectivity index (χ1) is 8.47. The summed E-state index contributed by atoms with van der Waals surface area (Å²) in [6.45, 7) is 3.72. The molecule has 2 unspecified atom stereocenters. The van der Waals surface area contributed by atoms with E-state index in [1.807, 2.05) is 11.9 Å². The number of likely N-dealkylation sites (tertiary alicyclic amines) is 1. The molecule has 5 nitrogen and oxygen atoms in total. The molecule has 0 aromatic carbocycles. The Hall–Kier alpha value is -0.650. The van der Waals surface area contributed by atoms with E-state index in [1.54, 1.807) is 0 Å². The Morgan fingerprint density at radius 1 is 1.56 bits per heavy atom.